The average molecular weight is 581 g/mol. The number of nitrogens with two attached hydrogens (primary N) is 1. The molecule has 4 aromatic rings. The number of carbonyl (C=O) groups excluding carboxylic acids is 3. The molecule has 0 unspecified atom stereocenters. The van der Waals surface area contributed by atoms with Gasteiger partial charge in [-0.3, -0.25) is 19.4 Å². The van der Waals surface area contributed by atoms with Gasteiger partial charge in [-0.1, -0.05) is 36.8 Å². The van der Waals surface area contributed by atoms with E-state index in [2.05, 4.69) is 15.6 Å². The number of carbonyl (C=O) groups is 3. The number of nitrogens with zero attached hydrogens (tertiary/aromatic N) is 1. The molecule has 0 radical (unpaired) electrons. The highest BCUT2D eigenvalue weighted by Crippen LogP contribution is 2.27. The second-order valence-corrected chi connectivity index (χ2v) is 10.5. The Morgan fingerprint density at radius 1 is 0.884 bits per heavy atom. The van der Waals surface area contributed by atoms with Gasteiger partial charge in [0.2, 0.25) is 0 Å². The van der Waals surface area contributed by atoms with Crippen LogP contribution in [0.1, 0.15) is 63.9 Å². The van der Waals surface area contributed by atoms with Crippen LogP contribution in [0.15, 0.2) is 85.2 Å². The first kappa shape index (κ1) is 29.6. The molecule has 1 aliphatic rings. The molecule has 0 atom stereocenters. The van der Waals surface area contributed by atoms with Crippen LogP contribution in [0.25, 0.3) is 11.1 Å². The minimum Gasteiger partial charge on any atom is -0.462 e. The van der Waals surface area contributed by atoms with Crippen molar-refractivity contribution in [3.05, 3.63) is 113 Å². The van der Waals surface area contributed by atoms with Crippen LogP contribution in [0.5, 0.6) is 0 Å². The van der Waals surface area contributed by atoms with Crippen LogP contribution in [0, 0.1) is 5.82 Å². The van der Waals surface area contributed by atoms with Gasteiger partial charge in [-0.2, -0.15) is 0 Å². The number of halogens is 1. The Labute approximate surface area is 249 Å². The van der Waals surface area contributed by atoms with E-state index < -0.39 is 11.7 Å². The SMILES string of the molecule is NCc1ccc(C(=O)Nc2ccncc2F)cc1-c1cccc(C(=O)Nc2ccc(CC(=O)OC3CCCCC3)cc2)c1. The summed E-state index contributed by atoms with van der Waals surface area (Å²) in [5.74, 6) is -1.68. The van der Waals surface area contributed by atoms with Crippen LogP contribution < -0.4 is 16.4 Å². The molecule has 1 aliphatic carbocycles. The number of nitrogens with one attached hydrogen (secondary N) is 2. The van der Waals surface area contributed by atoms with Crippen molar-refractivity contribution in [3.8, 4) is 11.1 Å². The molecule has 8 nitrogen and oxygen atoms in total. The summed E-state index contributed by atoms with van der Waals surface area (Å²) in [6.45, 7) is 0.215. The van der Waals surface area contributed by atoms with Gasteiger partial charge in [0.05, 0.1) is 18.3 Å². The van der Waals surface area contributed by atoms with Crippen LogP contribution >= 0.6 is 0 Å². The number of rotatable bonds is 9. The molecule has 1 heterocycles. The Kier molecular flexibility index (Phi) is 9.53. The lowest BCUT2D eigenvalue weighted by atomic mass is 9.95. The van der Waals surface area contributed by atoms with E-state index in [-0.39, 0.29) is 36.6 Å². The van der Waals surface area contributed by atoms with Gasteiger partial charge in [0.25, 0.3) is 11.8 Å². The summed E-state index contributed by atoms with van der Waals surface area (Å²) in [5, 5.41) is 5.45. The highest BCUT2D eigenvalue weighted by molar-refractivity contribution is 6.06. The van der Waals surface area contributed by atoms with Crippen molar-refractivity contribution in [2.24, 2.45) is 5.73 Å². The topological polar surface area (TPSA) is 123 Å². The van der Waals surface area contributed by atoms with Crippen LogP contribution in [-0.2, 0) is 22.5 Å². The molecule has 2 amide bonds. The van der Waals surface area contributed by atoms with E-state index in [1.54, 1.807) is 60.7 Å². The van der Waals surface area contributed by atoms with E-state index in [0.717, 1.165) is 43.0 Å². The highest BCUT2D eigenvalue weighted by Gasteiger charge is 2.18. The van der Waals surface area contributed by atoms with Gasteiger partial charge in [-0.15, -0.1) is 0 Å². The standard InChI is InChI=1S/C34H33FN4O4/c35-30-21-37-16-15-31(30)39-34(42)25-11-12-26(20-36)29(19-25)23-5-4-6-24(18-23)33(41)38-27-13-9-22(10-14-27)17-32(40)43-28-7-2-1-3-8-28/h4-6,9-16,18-19,21,28H,1-3,7-8,17,20,36H2,(H,38,41)(H,37,39,42). The number of hydrogen-bond donors (Lipinski definition) is 3. The number of aromatic nitrogens is 1. The predicted octanol–water partition coefficient (Wildman–Crippen LogP) is 6.27. The summed E-state index contributed by atoms with van der Waals surface area (Å²) in [4.78, 5) is 42.0. The second kappa shape index (κ2) is 13.8. The molecule has 4 N–H and O–H groups in total. The van der Waals surface area contributed by atoms with Crippen LogP contribution in [0.4, 0.5) is 15.8 Å². The normalized spacial score (nSPS) is 13.3. The molecule has 43 heavy (non-hydrogen) atoms. The molecule has 1 fully saturated rings. The molecule has 0 spiro atoms. The van der Waals surface area contributed by atoms with Gasteiger partial charge in [-0.05, 0) is 90.4 Å². The van der Waals surface area contributed by atoms with Crippen molar-refractivity contribution < 1.29 is 23.5 Å². The highest BCUT2D eigenvalue weighted by atomic mass is 19.1. The van der Waals surface area contributed by atoms with Crippen molar-refractivity contribution in [1.82, 2.24) is 4.98 Å². The molecule has 0 aliphatic heterocycles. The smallest absolute Gasteiger partial charge is 0.310 e. The fraction of sp³-hybridized carbons (Fsp3) is 0.235. The number of ether oxygens (including phenoxy) is 1. The minimum absolute atomic E-state index is 0.0211. The van der Waals surface area contributed by atoms with Crippen molar-refractivity contribution in [2.75, 3.05) is 10.6 Å². The first-order valence-electron chi connectivity index (χ1n) is 14.3. The largest absolute Gasteiger partial charge is 0.462 e. The first-order valence-corrected chi connectivity index (χ1v) is 14.3. The third-order valence-corrected chi connectivity index (χ3v) is 7.46. The first-order chi connectivity index (χ1) is 20.9. The number of esters is 1. The summed E-state index contributed by atoms with van der Waals surface area (Å²) in [6.07, 6.45) is 7.88. The van der Waals surface area contributed by atoms with E-state index in [1.807, 2.05) is 6.07 Å². The number of pyridine rings is 1. The third-order valence-electron chi connectivity index (χ3n) is 7.46. The molecular weight excluding hydrogens is 547 g/mol. The van der Waals surface area contributed by atoms with E-state index in [4.69, 9.17) is 10.5 Å². The molecule has 5 rings (SSSR count). The molecular formula is C34H33FN4O4. The summed E-state index contributed by atoms with van der Waals surface area (Å²) in [5.41, 5.74) is 10.3. The second-order valence-electron chi connectivity index (χ2n) is 10.5. The van der Waals surface area contributed by atoms with Gasteiger partial charge < -0.3 is 21.1 Å². The van der Waals surface area contributed by atoms with Crippen LogP contribution in [-0.4, -0.2) is 28.9 Å². The van der Waals surface area contributed by atoms with Gasteiger partial charge in [0.15, 0.2) is 5.82 Å². The lowest BCUT2D eigenvalue weighted by Gasteiger charge is -2.21. The Bertz CT molecular complexity index is 1620. The lowest BCUT2D eigenvalue weighted by molar-refractivity contribution is -0.149. The van der Waals surface area contributed by atoms with Gasteiger partial charge >= 0.3 is 5.97 Å². The lowest BCUT2D eigenvalue weighted by Crippen LogP contribution is -2.21. The molecule has 220 valence electrons. The van der Waals surface area contributed by atoms with Gasteiger partial charge in [0, 0.05) is 29.6 Å². The van der Waals surface area contributed by atoms with E-state index in [9.17, 15) is 18.8 Å². The summed E-state index contributed by atoms with van der Waals surface area (Å²) in [7, 11) is 0. The summed E-state index contributed by atoms with van der Waals surface area (Å²) < 4.78 is 19.6. The number of benzene rings is 3. The number of anilines is 2. The molecule has 0 bridgehead atoms. The summed E-state index contributed by atoms with van der Waals surface area (Å²) >= 11 is 0. The van der Waals surface area contributed by atoms with Gasteiger partial charge in [0.1, 0.15) is 6.10 Å². The average Bonchev–Trinajstić information content (AvgIpc) is 3.03. The Morgan fingerprint density at radius 3 is 2.37 bits per heavy atom. The van der Waals surface area contributed by atoms with E-state index >= 15 is 0 Å². The minimum atomic E-state index is -0.639. The Morgan fingerprint density at radius 2 is 1.63 bits per heavy atom. The predicted molar refractivity (Wildman–Crippen MR) is 163 cm³/mol. The number of hydrogen-bond acceptors (Lipinski definition) is 6. The zero-order chi connectivity index (χ0) is 30.2. The molecule has 1 saturated carbocycles. The summed E-state index contributed by atoms with van der Waals surface area (Å²) in [6, 6.07) is 20.5. The van der Waals surface area contributed by atoms with Gasteiger partial charge in [-0.25, -0.2) is 4.39 Å². The monoisotopic (exact) mass is 580 g/mol. The number of amides is 2. The fourth-order valence-electron chi connectivity index (χ4n) is 5.15. The maximum atomic E-state index is 14.0. The maximum absolute atomic E-state index is 14.0. The molecule has 0 saturated heterocycles. The fourth-order valence-corrected chi connectivity index (χ4v) is 5.15. The van der Waals surface area contributed by atoms with E-state index in [0.29, 0.717) is 27.9 Å². The van der Waals surface area contributed by atoms with Crippen molar-refractivity contribution in [3.63, 3.8) is 0 Å². The Hall–Kier alpha value is -4.89. The molecule has 9 heteroatoms. The third kappa shape index (κ3) is 7.69. The van der Waals surface area contributed by atoms with E-state index in [1.165, 1.54) is 18.7 Å². The van der Waals surface area contributed by atoms with Crippen molar-refractivity contribution in [1.29, 1.82) is 0 Å². The van der Waals surface area contributed by atoms with Crippen LogP contribution in [0.2, 0.25) is 0 Å². The quantitative estimate of drug-likeness (QED) is 0.201. The molecule has 3 aromatic carbocycles. The Balaban J connectivity index is 1.26. The zero-order valence-corrected chi connectivity index (χ0v) is 23.6. The van der Waals surface area contributed by atoms with Crippen molar-refractivity contribution in [2.45, 2.75) is 51.2 Å². The maximum Gasteiger partial charge on any atom is 0.310 e. The van der Waals surface area contributed by atoms with Crippen molar-refractivity contribution >= 4 is 29.2 Å². The van der Waals surface area contributed by atoms with Crippen LogP contribution in [0.3, 0.4) is 0 Å². The molecule has 1 aromatic heterocycles. The zero-order valence-electron chi connectivity index (χ0n) is 23.6.